The Kier molecular flexibility index (Phi) is 6.37. The molecule has 1 fully saturated rings. The van der Waals surface area contributed by atoms with Crippen LogP contribution in [0.15, 0.2) is 48.2 Å². The van der Waals surface area contributed by atoms with Crippen molar-refractivity contribution >= 4 is 29.6 Å². The highest BCUT2D eigenvalue weighted by Crippen LogP contribution is 2.31. The van der Waals surface area contributed by atoms with E-state index in [1.165, 1.54) is 26.4 Å². The van der Waals surface area contributed by atoms with Gasteiger partial charge in [-0.1, -0.05) is 12.1 Å². The minimum atomic E-state index is -4.57. The molecule has 2 aromatic rings. The fourth-order valence-corrected chi connectivity index (χ4v) is 2.94. The van der Waals surface area contributed by atoms with E-state index in [0.29, 0.717) is 22.0 Å². The molecule has 3 rings (SSSR count). The van der Waals surface area contributed by atoms with Gasteiger partial charge in [0.1, 0.15) is 12.2 Å². The molecule has 1 aliphatic rings. The number of hydrogen-bond acceptors (Lipinski definition) is 5. The highest BCUT2D eigenvalue weighted by atomic mass is 19.4. The number of ether oxygens (including phenoxy) is 2. The SMILES string of the molecule is COc1ccc(/C=C2\NC(=O)N(CC(=O)Nc3cccc(C(F)(F)F)c3)C2=O)cc1OC. The summed E-state index contributed by atoms with van der Waals surface area (Å²) in [5.41, 5.74) is -0.598. The first-order valence-corrected chi connectivity index (χ1v) is 9.16. The average molecular weight is 449 g/mol. The minimum Gasteiger partial charge on any atom is -0.493 e. The monoisotopic (exact) mass is 449 g/mol. The lowest BCUT2D eigenvalue weighted by Gasteiger charge is -2.13. The number of amides is 4. The predicted octanol–water partition coefficient (Wildman–Crippen LogP) is 3.25. The number of hydrogen-bond donors (Lipinski definition) is 2. The van der Waals surface area contributed by atoms with E-state index in [9.17, 15) is 27.6 Å². The van der Waals surface area contributed by atoms with Crippen LogP contribution in [0.3, 0.4) is 0 Å². The van der Waals surface area contributed by atoms with Gasteiger partial charge >= 0.3 is 12.2 Å². The number of urea groups is 1. The Bertz CT molecular complexity index is 1100. The number of methoxy groups -OCH3 is 2. The molecule has 0 atom stereocenters. The van der Waals surface area contributed by atoms with Crippen molar-refractivity contribution in [3.63, 3.8) is 0 Å². The molecule has 32 heavy (non-hydrogen) atoms. The maximum atomic E-state index is 12.8. The van der Waals surface area contributed by atoms with Crippen LogP contribution in [0.25, 0.3) is 6.08 Å². The Morgan fingerprint density at radius 2 is 1.81 bits per heavy atom. The van der Waals surface area contributed by atoms with Gasteiger partial charge < -0.3 is 20.1 Å². The maximum absolute atomic E-state index is 12.8. The molecule has 2 aromatic carbocycles. The number of anilines is 1. The molecule has 0 spiro atoms. The van der Waals surface area contributed by atoms with Gasteiger partial charge in [0.2, 0.25) is 5.91 Å². The number of rotatable bonds is 6. The Morgan fingerprint density at radius 1 is 1.09 bits per heavy atom. The first-order chi connectivity index (χ1) is 15.1. The molecular formula is C21H18F3N3O5. The van der Waals surface area contributed by atoms with Crippen molar-refractivity contribution in [3.05, 3.63) is 59.3 Å². The second kappa shape index (κ2) is 9.00. The number of carbonyl (C=O) groups excluding carboxylic acids is 3. The van der Waals surface area contributed by atoms with E-state index in [4.69, 9.17) is 9.47 Å². The van der Waals surface area contributed by atoms with E-state index < -0.39 is 36.1 Å². The van der Waals surface area contributed by atoms with Gasteiger partial charge in [-0.2, -0.15) is 13.2 Å². The van der Waals surface area contributed by atoms with Crippen molar-refractivity contribution in [2.24, 2.45) is 0 Å². The zero-order chi connectivity index (χ0) is 23.5. The van der Waals surface area contributed by atoms with Gasteiger partial charge in [0.25, 0.3) is 5.91 Å². The van der Waals surface area contributed by atoms with Crippen LogP contribution in [-0.2, 0) is 15.8 Å². The second-order valence-electron chi connectivity index (χ2n) is 6.62. The van der Waals surface area contributed by atoms with Crippen LogP contribution >= 0.6 is 0 Å². The zero-order valence-electron chi connectivity index (χ0n) is 16.9. The summed E-state index contributed by atoms with van der Waals surface area (Å²) < 4.78 is 48.7. The molecule has 8 nitrogen and oxygen atoms in total. The van der Waals surface area contributed by atoms with E-state index >= 15 is 0 Å². The van der Waals surface area contributed by atoms with Gasteiger partial charge in [0, 0.05) is 5.69 Å². The van der Waals surface area contributed by atoms with Crippen molar-refractivity contribution in [1.29, 1.82) is 0 Å². The van der Waals surface area contributed by atoms with Crippen molar-refractivity contribution in [2.45, 2.75) is 6.18 Å². The van der Waals surface area contributed by atoms with Gasteiger partial charge in [-0.15, -0.1) is 0 Å². The number of nitrogens with zero attached hydrogens (tertiary/aromatic N) is 1. The Balaban J connectivity index is 1.71. The number of carbonyl (C=O) groups is 3. The summed E-state index contributed by atoms with van der Waals surface area (Å²) in [6.45, 7) is -0.676. The van der Waals surface area contributed by atoms with Crippen LogP contribution in [-0.4, -0.2) is 43.5 Å². The molecule has 0 unspecified atom stereocenters. The molecule has 0 saturated carbocycles. The highest BCUT2D eigenvalue weighted by Gasteiger charge is 2.35. The highest BCUT2D eigenvalue weighted by molar-refractivity contribution is 6.15. The molecule has 0 aromatic heterocycles. The Morgan fingerprint density at radius 3 is 2.47 bits per heavy atom. The molecule has 1 saturated heterocycles. The maximum Gasteiger partial charge on any atom is 0.416 e. The Labute approximate surface area is 180 Å². The van der Waals surface area contributed by atoms with Crippen LogP contribution in [0.5, 0.6) is 11.5 Å². The molecule has 1 aliphatic heterocycles. The van der Waals surface area contributed by atoms with Crippen molar-refractivity contribution in [1.82, 2.24) is 10.2 Å². The molecule has 168 valence electrons. The van der Waals surface area contributed by atoms with Crippen LogP contribution in [0, 0.1) is 0 Å². The van der Waals surface area contributed by atoms with Crippen LogP contribution < -0.4 is 20.1 Å². The first-order valence-electron chi connectivity index (χ1n) is 9.16. The standard InChI is InChI=1S/C21H18F3N3O5/c1-31-16-7-6-12(9-17(16)32-2)8-15-19(29)27(20(30)26-15)11-18(28)25-14-5-3-4-13(10-14)21(22,23)24/h3-10H,11H2,1-2H3,(H,25,28)(H,26,30)/b15-8-. The van der Waals surface area contributed by atoms with Gasteiger partial charge in [-0.25, -0.2) is 9.69 Å². The topological polar surface area (TPSA) is 97.0 Å². The van der Waals surface area contributed by atoms with Crippen molar-refractivity contribution in [3.8, 4) is 11.5 Å². The summed E-state index contributed by atoms with van der Waals surface area (Å²) in [7, 11) is 2.92. The van der Waals surface area contributed by atoms with Crippen LogP contribution in [0.4, 0.5) is 23.7 Å². The Hall–Kier alpha value is -4.02. The molecular weight excluding hydrogens is 431 g/mol. The fourth-order valence-electron chi connectivity index (χ4n) is 2.94. The third-order valence-corrected chi connectivity index (χ3v) is 4.46. The molecule has 2 N–H and O–H groups in total. The number of benzene rings is 2. The number of nitrogens with one attached hydrogen (secondary N) is 2. The summed E-state index contributed by atoms with van der Waals surface area (Å²) in [5, 5.41) is 4.62. The molecule has 0 bridgehead atoms. The molecule has 11 heteroatoms. The molecule has 0 radical (unpaired) electrons. The first kappa shape index (κ1) is 22.7. The van der Waals surface area contributed by atoms with Gasteiger partial charge in [0.05, 0.1) is 19.8 Å². The van der Waals surface area contributed by atoms with E-state index in [1.807, 2.05) is 0 Å². The lowest BCUT2D eigenvalue weighted by Crippen LogP contribution is -2.38. The van der Waals surface area contributed by atoms with E-state index in [0.717, 1.165) is 18.2 Å². The molecule has 0 aliphatic carbocycles. The summed E-state index contributed by atoms with van der Waals surface area (Å²) in [4.78, 5) is 37.6. The van der Waals surface area contributed by atoms with Crippen LogP contribution in [0.2, 0.25) is 0 Å². The fraction of sp³-hybridized carbons (Fsp3) is 0.190. The smallest absolute Gasteiger partial charge is 0.416 e. The molecule has 1 heterocycles. The minimum absolute atomic E-state index is 0.0749. The number of alkyl halides is 3. The quantitative estimate of drug-likeness (QED) is 0.521. The van der Waals surface area contributed by atoms with Gasteiger partial charge in [-0.3, -0.25) is 9.59 Å². The lowest BCUT2D eigenvalue weighted by atomic mass is 10.1. The predicted molar refractivity (Wildman–Crippen MR) is 108 cm³/mol. The van der Waals surface area contributed by atoms with E-state index in [-0.39, 0.29) is 11.4 Å². The van der Waals surface area contributed by atoms with Crippen molar-refractivity contribution < 1.29 is 37.0 Å². The summed E-state index contributed by atoms with van der Waals surface area (Å²) in [5.74, 6) is -0.704. The van der Waals surface area contributed by atoms with E-state index in [1.54, 1.807) is 18.2 Å². The van der Waals surface area contributed by atoms with Gasteiger partial charge in [-0.05, 0) is 42.0 Å². The lowest BCUT2D eigenvalue weighted by molar-refractivity contribution is -0.137. The summed E-state index contributed by atoms with van der Waals surface area (Å²) >= 11 is 0. The zero-order valence-corrected chi connectivity index (χ0v) is 16.9. The van der Waals surface area contributed by atoms with Gasteiger partial charge in [0.15, 0.2) is 11.5 Å². The summed E-state index contributed by atoms with van der Waals surface area (Å²) in [6.07, 6.45) is -3.18. The third-order valence-electron chi connectivity index (χ3n) is 4.46. The normalized spacial score (nSPS) is 15.0. The number of imide groups is 1. The van der Waals surface area contributed by atoms with E-state index in [2.05, 4.69) is 10.6 Å². The second-order valence-corrected chi connectivity index (χ2v) is 6.62. The molecule has 4 amide bonds. The number of halogens is 3. The largest absolute Gasteiger partial charge is 0.493 e. The van der Waals surface area contributed by atoms with Crippen LogP contribution in [0.1, 0.15) is 11.1 Å². The summed E-state index contributed by atoms with van der Waals surface area (Å²) in [6, 6.07) is 8.03. The third kappa shape index (κ3) is 4.99. The van der Waals surface area contributed by atoms with Crippen molar-refractivity contribution in [2.75, 3.05) is 26.1 Å². The average Bonchev–Trinajstić information content (AvgIpc) is 3.00.